The van der Waals surface area contributed by atoms with Crippen LogP contribution in [0.5, 0.6) is 0 Å². The lowest BCUT2D eigenvalue weighted by atomic mass is 9.77. The smallest absolute Gasteiger partial charge is 0.261 e. The van der Waals surface area contributed by atoms with Gasteiger partial charge in [0.1, 0.15) is 5.67 Å². The van der Waals surface area contributed by atoms with Crippen LogP contribution in [-0.4, -0.2) is 35.5 Å². The molecule has 1 aromatic carbocycles. The van der Waals surface area contributed by atoms with Gasteiger partial charge in [0.25, 0.3) is 5.91 Å². The number of fused-ring (bicyclic) bond motifs is 3. The van der Waals surface area contributed by atoms with Crippen LogP contribution in [0.2, 0.25) is 0 Å². The number of amides is 1. The summed E-state index contributed by atoms with van der Waals surface area (Å²) in [5.74, 6) is 0.655. The largest absolute Gasteiger partial charge is 0.346 e. The molecule has 1 N–H and O–H groups in total. The second-order valence-corrected chi connectivity index (χ2v) is 9.73. The van der Waals surface area contributed by atoms with Gasteiger partial charge in [-0.1, -0.05) is 18.2 Å². The van der Waals surface area contributed by atoms with Crippen molar-refractivity contribution in [2.24, 2.45) is 5.92 Å². The maximum Gasteiger partial charge on any atom is 0.261 e. The van der Waals surface area contributed by atoms with Gasteiger partial charge in [-0.2, -0.15) is 0 Å². The molecule has 2 aromatic rings. The van der Waals surface area contributed by atoms with Crippen LogP contribution in [0.3, 0.4) is 0 Å². The Bertz CT molecular complexity index is 906. The molecule has 5 aliphatic rings. The van der Waals surface area contributed by atoms with E-state index in [1.807, 2.05) is 24.3 Å². The molecule has 1 spiro atoms. The van der Waals surface area contributed by atoms with E-state index < -0.39 is 5.67 Å². The summed E-state index contributed by atoms with van der Waals surface area (Å²) in [6.07, 6.45) is 6.05. The van der Waals surface area contributed by atoms with Gasteiger partial charge in [0.15, 0.2) is 0 Å². The van der Waals surface area contributed by atoms with Crippen molar-refractivity contribution in [2.75, 3.05) is 13.1 Å². The summed E-state index contributed by atoms with van der Waals surface area (Å²) in [5.41, 5.74) is -0.137. The maximum atomic E-state index is 14.7. The average molecular weight is 370 g/mol. The zero-order valence-electron chi connectivity index (χ0n) is 14.8. The van der Waals surface area contributed by atoms with Crippen molar-refractivity contribution in [1.82, 2.24) is 10.2 Å². The number of nitrogens with zero attached hydrogens (tertiary/aromatic N) is 1. The summed E-state index contributed by atoms with van der Waals surface area (Å²) in [5, 5.41) is 4.39. The molecule has 4 heterocycles. The molecule has 5 heteroatoms. The van der Waals surface area contributed by atoms with Crippen LogP contribution in [0.25, 0.3) is 10.1 Å². The van der Waals surface area contributed by atoms with E-state index in [0.717, 1.165) is 20.5 Å². The lowest BCUT2D eigenvalue weighted by Crippen LogP contribution is -2.65. The molecule has 2 bridgehead atoms. The standard InChI is InChI=1S/C21H23FN2OS/c22-20(6-7-20)15-3-1-2-14-12-16(26-17(14)15)19(25)23-18-13-4-10-24(11-5-13)21(18)8-9-21/h1-3,12-13,18H,4-11H2,(H,23,25). The highest BCUT2D eigenvalue weighted by atomic mass is 32.1. The normalized spacial score (nSPS) is 32.7. The summed E-state index contributed by atoms with van der Waals surface area (Å²) >= 11 is 1.46. The Balaban J connectivity index is 1.31. The first-order valence-corrected chi connectivity index (χ1v) is 10.7. The van der Waals surface area contributed by atoms with Crippen LogP contribution < -0.4 is 5.32 Å². The fourth-order valence-electron chi connectivity index (χ4n) is 5.44. The predicted molar refractivity (Wildman–Crippen MR) is 101 cm³/mol. The number of hydrogen-bond acceptors (Lipinski definition) is 3. The van der Waals surface area contributed by atoms with Crippen molar-refractivity contribution < 1.29 is 9.18 Å². The van der Waals surface area contributed by atoms with E-state index in [-0.39, 0.29) is 17.5 Å². The molecule has 1 aromatic heterocycles. The van der Waals surface area contributed by atoms with Crippen molar-refractivity contribution in [1.29, 1.82) is 0 Å². The Kier molecular flexibility index (Phi) is 3.04. The molecule has 5 fully saturated rings. The van der Waals surface area contributed by atoms with E-state index in [1.54, 1.807) is 0 Å². The van der Waals surface area contributed by atoms with E-state index in [4.69, 9.17) is 0 Å². The van der Waals surface area contributed by atoms with Crippen LogP contribution >= 0.6 is 11.3 Å². The van der Waals surface area contributed by atoms with Gasteiger partial charge in [0.2, 0.25) is 0 Å². The number of hydrogen-bond donors (Lipinski definition) is 1. The first-order chi connectivity index (χ1) is 12.6. The van der Waals surface area contributed by atoms with Crippen molar-refractivity contribution in [3.63, 3.8) is 0 Å². The molecule has 2 aliphatic carbocycles. The molecule has 7 rings (SSSR count). The minimum atomic E-state index is -1.16. The monoisotopic (exact) mass is 370 g/mol. The number of alkyl halides is 1. The van der Waals surface area contributed by atoms with Crippen LogP contribution in [0.4, 0.5) is 4.39 Å². The molecule has 3 nitrogen and oxygen atoms in total. The summed E-state index contributed by atoms with van der Waals surface area (Å²) < 4.78 is 15.6. The van der Waals surface area contributed by atoms with Gasteiger partial charge in [0, 0.05) is 15.8 Å². The van der Waals surface area contributed by atoms with Gasteiger partial charge in [-0.25, -0.2) is 4.39 Å². The summed E-state index contributed by atoms with van der Waals surface area (Å²) in [6.45, 7) is 2.39. The molecule has 1 atom stereocenters. The molecular formula is C21H23FN2OS. The Morgan fingerprint density at radius 3 is 2.65 bits per heavy atom. The van der Waals surface area contributed by atoms with Gasteiger partial charge >= 0.3 is 0 Å². The molecule has 136 valence electrons. The van der Waals surface area contributed by atoms with E-state index >= 15 is 0 Å². The molecule has 1 amide bonds. The number of nitrogens with one attached hydrogen (secondary N) is 1. The van der Waals surface area contributed by atoms with Crippen LogP contribution in [0.1, 0.15) is 53.8 Å². The summed E-state index contributed by atoms with van der Waals surface area (Å²) in [6, 6.07) is 8.04. The van der Waals surface area contributed by atoms with Crippen molar-refractivity contribution >= 4 is 27.3 Å². The van der Waals surface area contributed by atoms with E-state index in [1.165, 1.54) is 50.1 Å². The third-order valence-electron chi connectivity index (χ3n) is 7.21. The zero-order chi connectivity index (χ0) is 17.5. The lowest BCUT2D eigenvalue weighted by Gasteiger charge is -2.52. The van der Waals surface area contributed by atoms with Crippen molar-refractivity contribution in [2.45, 2.75) is 55.8 Å². The molecule has 3 saturated heterocycles. The molecule has 1 unspecified atom stereocenters. The van der Waals surface area contributed by atoms with Gasteiger partial charge in [0.05, 0.1) is 10.9 Å². The lowest BCUT2D eigenvalue weighted by molar-refractivity contribution is -0.00138. The SMILES string of the molecule is O=C(NC1C2CCN(CC2)C12CC2)c1cc2cccc(C3(F)CC3)c2s1. The van der Waals surface area contributed by atoms with Crippen molar-refractivity contribution in [3.8, 4) is 0 Å². The summed E-state index contributed by atoms with van der Waals surface area (Å²) in [7, 11) is 0. The minimum Gasteiger partial charge on any atom is -0.346 e. The highest BCUT2D eigenvalue weighted by molar-refractivity contribution is 7.21. The third kappa shape index (κ3) is 2.10. The number of halogens is 1. The van der Waals surface area contributed by atoms with Crippen LogP contribution in [-0.2, 0) is 5.67 Å². The van der Waals surface area contributed by atoms with Crippen LogP contribution in [0, 0.1) is 5.92 Å². The number of benzene rings is 1. The fourth-order valence-corrected chi connectivity index (χ4v) is 6.60. The molecular weight excluding hydrogens is 347 g/mol. The molecule has 3 aliphatic heterocycles. The van der Waals surface area contributed by atoms with E-state index in [2.05, 4.69) is 10.2 Å². The second-order valence-electron chi connectivity index (χ2n) is 8.68. The Morgan fingerprint density at radius 2 is 1.96 bits per heavy atom. The highest BCUT2D eigenvalue weighted by Crippen LogP contribution is 2.54. The number of carbonyl (C=O) groups excluding carboxylic acids is 1. The van der Waals surface area contributed by atoms with Crippen LogP contribution in [0.15, 0.2) is 24.3 Å². The zero-order valence-corrected chi connectivity index (χ0v) is 15.6. The summed E-state index contributed by atoms with van der Waals surface area (Å²) in [4.78, 5) is 16.4. The predicted octanol–water partition coefficient (Wildman–Crippen LogP) is 4.22. The molecule has 2 saturated carbocycles. The number of rotatable bonds is 3. The van der Waals surface area contributed by atoms with Gasteiger partial charge in [-0.05, 0) is 69.0 Å². The van der Waals surface area contributed by atoms with Crippen molar-refractivity contribution in [3.05, 3.63) is 34.7 Å². The second kappa shape index (κ2) is 5.08. The number of carbonyl (C=O) groups is 1. The van der Waals surface area contributed by atoms with Gasteiger partial charge in [-0.15, -0.1) is 11.3 Å². The third-order valence-corrected chi connectivity index (χ3v) is 8.39. The Morgan fingerprint density at radius 1 is 1.19 bits per heavy atom. The fraction of sp³-hybridized carbons (Fsp3) is 0.571. The van der Waals surface area contributed by atoms with E-state index in [9.17, 15) is 9.18 Å². The van der Waals surface area contributed by atoms with E-state index in [0.29, 0.717) is 18.8 Å². The number of thiophene rings is 1. The quantitative estimate of drug-likeness (QED) is 0.877. The highest BCUT2D eigenvalue weighted by Gasteiger charge is 2.60. The van der Waals surface area contributed by atoms with Gasteiger partial charge in [-0.3, -0.25) is 9.69 Å². The first-order valence-electron chi connectivity index (χ1n) is 9.87. The molecule has 26 heavy (non-hydrogen) atoms. The first kappa shape index (κ1) is 15.6. The number of piperidine rings is 3. The average Bonchev–Trinajstić information content (AvgIpc) is 3.56. The van der Waals surface area contributed by atoms with Gasteiger partial charge < -0.3 is 5.32 Å². The maximum absolute atomic E-state index is 14.7. The Hall–Kier alpha value is -1.46. The minimum absolute atomic E-state index is 0.0332. The Labute approximate surface area is 156 Å². The topological polar surface area (TPSA) is 32.3 Å². The molecule has 0 radical (unpaired) electrons.